The lowest BCUT2D eigenvalue weighted by atomic mass is 9.97. The third-order valence-corrected chi connectivity index (χ3v) is 8.71. The molecule has 0 saturated carbocycles. The Morgan fingerprint density at radius 1 is 0.796 bits per heavy atom. The van der Waals surface area contributed by atoms with Gasteiger partial charge in [0.2, 0.25) is 11.8 Å². The van der Waals surface area contributed by atoms with Crippen LogP contribution < -0.4 is 16.0 Å². The Hall–Kier alpha value is -5.69. The van der Waals surface area contributed by atoms with Crippen molar-refractivity contribution < 1.29 is 43.3 Å². The van der Waals surface area contributed by atoms with Crippen molar-refractivity contribution in [2.24, 2.45) is 5.92 Å². The maximum Gasteiger partial charge on any atom is 0.408 e. The number of cyclic esters (lactones) is 1. The second-order valence-corrected chi connectivity index (χ2v) is 12.9. The predicted octanol–water partition coefficient (Wildman–Crippen LogP) is 4.78. The third kappa shape index (κ3) is 15.1. The van der Waals surface area contributed by atoms with Crippen LogP contribution in [0.1, 0.15) is 55.2 Å². The number of allylic oxidation sites excluding steroid dienone is 1. The van der Waals surface area contributed by atoms with Gasteiger partial charge in [-0.3, -0.25) is 9.59 Å². The van der Waals surface area contributed by atoms with E-state index in [1.54, 1.807) is 12.2 Å². The molecule has 4 amide bonds. The molecule has 3 atom stereocenters. The number of carbonyl (C=O) groups is 5. The molecule has 4 N–H and O–H groups in total. The molecule has 3 aromatic rings. The van der Waals surface area contributed by atoms with Crippen molar-refractivity contribution in [3.63, 3.8) is 0 Å². The molecule has 0 bridgehead atoms. The zero-order chi connectivity index (χ0) is 38.4. The van der Waals surface area contributed by atoms with Crippen molar-refractivity contribution in [2.75, 3.05) is 26.3 Å². The molecular weight excluding hydrogens is 692 g/mol. The molecule has 13 heteroatoms. The highest BCUT2D eigenvalue weighted by atomic mass is 16.6. The van der Waals surface area contributed by atoms with Crippen LogP contribution in [0.15, 0.2) is 103 Å². The van der Waals surface area contributed by atoms with Crippen molar-refractivity contribution in [1.82, 2.24) is 20.9 Å². The number of aliphatic hydroxyl groups is 1. The number of benzene rings is 3. The molecule has 54 heavy (non-hydrogen) atoms. The molecule has 0 aliphatic carbocycles. The van der Waals surface area contributed by atoms with E-state index in [0.717, 1.165) is 16.7 Å². The first kappa shape index (κ1) is 41.1. The van der Waals surface area contributed by atoms with Crippen molar-refractivity contribution >= 4 is 30.0 Å². The summed E-state index contributed by atoms with van der Waals surface area (Å²) in [7, 11) is 0. The SMILES string of the molecule is O=C(NCCCC[C@H]1COC(=O)[C@H](NC(=O)OCc2ccccc2)CC=CC[C@H](CC(=O)N(CCO)Cc2ccccc2)C(=O)N1)OCc1ccccc1. The van der Waals surface area contributed by atoms with Crippen LogP contribution in [-0.2, 0) is 48.4 Å². The third-order valence-electron chi connectivity index (χ3n) is 8.71. The van der Waals surface area contributed by atoms with Gasteiger partial charge in [-0.15, -0.1) is 0 Å². The fourth-order valence-electron chi connectivity index (χ4n) is 5.73. The van der Waals surface area contributed by atoms with Crippen molar-refractivity contribution in [2.45, 2.75) is 70.4 Å². The van der Waals surface area contributed by atoms with E-state index in [1.807, 2.05) is 91.0 Å². The molecule has 0 unspecified atom stereocenters. The molecule has 288 valence electrons. The Kier molecular flexibility index (Phi) is 17.6. The summed E-state index contributed by atoms with van der Waals surface area (Å²) >= 11 is 0. The summed E-state index contributed by atoms with van der Waals surface area (Å²) in [6.45, 7) is 0.479. The van der Waals surface area contributed by atoms with E-state index in [1.165, 1.54) is 4.90 Å². The lowest BCUT2D eigenvalue weighted by molar-refractivity contribution is -0.147. The van der Waals surface area contributed by atoms with Crippen LogP contribution in [0.5, 0.6) is 0 Å². The first-order chi connectivity index (χ1) is 26.3. The standard InChI is InChI=1S/C41H50N4O9/c46-25-24-45(27-31-14-4-1-5-15-31)37(47)26-34-20-10-11-22-36(44-41(51)54-29-33-18-8-3-9-19-33)39(49)52-30-35(43-38(34)48)21-12-13-23-42-40(50)53-28-32-16-6-2-7-17-32/h1-11,14-19,34-36,46H,12-13,20-30H2,(H,42,50)(H,43,48)(H,44,51)/t34-,35+,36-/m1/s1. The smallest absolute Gasteiger partial charge is 0.408 e. The number of hydrogen-bond acceptors (Lipinski definition) is 9. The number of nitrogens with one attached hydrogen (secondary N) is 3. The van der Waals surface area contributed by atoms with Gasteiger partial charge in [-0.25, -0.2) is 14.4 Å². The van der Waals surface area contributed by atoms with E-state index in [4.69, 9.17) is 14.2 Å². The summed E-state index contributed by atoms with van der Waals surface area (Å²) < 4.78 is 16.2. The number of aliphatic hydroxyl groups excluding tert-OH is 1. The van der Waals surface area contributed by atoms with E-state index in [-0.39, 0.29) is 70.6 Å². The summed E-state index contributed by atoms with van der Waals surface area (Å²) in [5.41, 5.74) is 2.55. The van der Waals surface area contributed by atoms with Gasteiger partial charge in [0.15, 0.2) is 0 Å². The van der Waals surface area contributed by atoms with Crippen LogP contribution in [-0.4, -0.2) is 78.4 Å². The number of hydrogen-bond donors (Lipinski definition) is 4. The van der Waals surface area contributed by atoms with Crippen molar-refractivity contribution in [3.8, 4) is 0 Å². The van der Waals surface area contributed by atoms with Crippen LogP contribution in [0.3, 0.4) is 0 Å². The Labute approximate surface area is 316 Å². The number of esters is 1. The van der Waals surface area contributed by atoms with Gasteiger partial charge in [-0.1, -0.05) is 103 Å². The largest absolute Gasteiger partial charge is 0.462 e. The monoisotopic (exact) mass is 742 g/mol. The molecule has 3 aromatic carbocycles. The predicted molar refractivity (Wildman–Crippen MR) is 200 cm³/mol. The second-order valence-electron chi connectivity index (χ2n) is 12.9. The van der Waals surface area contributed by atoms with Gasteiger partial charge in [0, 0.05) is 26.1 Å². The first-order valence-corrected chi connectivity index (χ1v) is 18.3. The van der Waals surface area contributed by atoms with Gasteiger partial charge in [0.1, 0.15) is 25.9 Å². The number of unbranched alkanes of at least 4 members (excludes halogenated alkanes) is 1. The highest BCUT2D eigenvalue weighted by Gasteiger charge is 2.29. The number of ether oxygens (including phenoxy) is 3. The quantitative estimate of drug-likeness (QED) is 0.0698. The molecule has 4 rings (SSSR count). The second kappa shape index (κ2) is 23.1. The number of rotatable bonds is 16. The first-order valence-electron chi connectivity index (χ1n) is 18.3. The maximum absolute atomic E-state index is 13.7. The van der Waals surface area contributed by atoms with E-state index in [9.17, 15) is 29.1 Å². The van der Waals surface area contributed by atoms with Crippen LogP contribution in [0, 0.1) is 5.92 Å². The number of carbonyl (C=O) groups excluding carboxylic acids is 5. The van der Waals surface area contributed by atoms with E-state index in [2.05, 4.69) is 16.0 Å². The Balaban J connectivity index is 1.39. The van der Waals surface area contributed by atoms with Gasteiger partial charge in [0.05, 0.1) is 18.6 Å². The summed E-state index contributed by atoms with van der Waals surface area (Å²) in [5, 5.41) is 18.0. The summed E-state index contributed by atoms with van der Waals surface area (Å²) in [6, 6.07) is 26.2. The minimum Gasteiger partial charge on any atom is -0.462 e. The molecular formula is C41H50N4O9. The van der Waals surface area contributed by atoms with E-state index in [0.29, 0.717) is 25.8 Å². The minimum absolute atomic E-state index is 0.0191. The van der Waals surface area contributed by atoms with Crippen LogP contribution in [0.25, 0.3) is 0 Å². The highest BCUT2D eigenvalue weighted by molar-refractivity contribution is 5.86. The molecule has 0 saturated heterocycles. The average Bonchev–Trinajstić information content (AvgIpc) is 3.19. The summed E-state index contributed by atoms with van der Waals surface area (Å²) in [4.78, 5) is 66.8. The zero-order valence-corrected chi connectivity index (χ0v) is 30.4. The van der Waals surface area contributed by atoms with E-state index >= 15 is 0 Å². The molecule has 13 nitrogen and oxygen atoms in total. The van der Waals surface area contributed by atoms with Gasteiger partial charge in [0.25, 0.3) is 0 Å². The number of alkyl carbamates (subject to hydrolysis) is 2. The Morgan fingerprint density at radius 2 is 1.39 bits per heavy atom. The average molecular weight is 743 g/mol. The fourth-order valence-corrected chi connectivity index (χ4v) is 5.73. The van der Waals surface area contributed by atoms with Crippen LogP contribution >= 0.6 is 0 Å². The van der Waals surface area contributed by atoms with Gasteiger partial charge < -0.3 is 40.2 Å². The van der Waals surface area contributed by atoms with Crippen LogP contribution in [0.4, 0.5) is 9.59 Å². The van der Waals surface area contributed by atoms with Crippen LogP contribution in [0.2, 0.25) is 0 Å². The molecule has 1 heterocycles. The summed E-state index contributed by atoms with van der Waals surface area (Å²) in [5.74, 6) is -2.11. The van der Waals surface area contributed by atoms with Gasteiger partial charge in [-0.05, 0) is 48.8 Å². The highest BCUT2D eigenvalue weighted by Crippen LogP contribution is 2.17. The van der Waals surface area contributed by atoms with Gasteiger partial charge >= 0.3 is 18.2 Å². The molecule has 0 spiro atoms. The topological polar surface area (TPSA) is 173 Å². The molecule has 0 radical (unpaired) electrons. The molecule has 1 aliphatic heterocycles. The van der Waals surface area contributed by atoms with Crippen molar-refractivity contribution in [1.29, 1.82) is 0 Å². The van der Waals surface area contributed by atoms with Gasteiger partial charge in [-0.2, -0.15) is 0 Å². The Morgan fingerprint density at radius 3 is 2.02 bits per heavy atom. The van der Waals surface area contributed by atoms with E-state index < -0.39 is 36.2 Å². The zero-order valence-electron chi connectivity index (χ0n) is 30.4. The fraction of sp³-hybridized carbons (Fsp3) is 0.390. The minimum atomic E-state index is -1.06. The summed E-state index contributed by atoms with van der Waals surface area (Å²) in [6.07, 6.45) is 3.71. The molecule has 1 aliphatic rings. The normalized spacial score (nSPS) is 17.5. The maximum atomic E-state index is 13.7. The lowest BCUT2D eigenvalue weighted by Gasteiger charge is -2.26. The number of amides is 4. The van der Waals surface area contributed by atoms with Crippen molar-refractivity contribution in [3.05, 3.63) is 120 Å². The Bertz CT molecular complexity index is 1640. The molecule has 0 aromatic heterocycles. The lowest BCUT2D eigenvalue weighted by Crippen LogP contribution is -2.46. The number of nitrogens with zero attached hydrogens (tertiary/aromatic N) is 1. The molecule has 0 fully saturated rings.